The van der Waals surface area contributed by atoms with E-state index < -0.39 is 50.9 Å². The third-order valence-corrected chi connectivity index (χ3v) is 4.73. The van der Waals surface area contributed by atoms with Gasteiger partial charge in [-0.05, 0) is 12.1 Å². The summed E-state index contributed by atoms with van der Waals surface area (Å²) in [6.07, 6.45) is -11.6. The van der Waals surface area contributed by atoms with E-state index >= 15 is 0 Å². The van der Waals surface area contributed by atoms with Gasteiger partial charge in [-0.25, -0.2) is 13.1 Å². The Bertz CT molecular complexity index is 632. The summed E-state index contributed by atoms with van der Waals surface area (Å²) in [4.78, 5) is -0.705. The third-order valence-electron chi connectivity index (χ3n) is 2.74. The number of sulfonamides is 1. The maximum Gasteiger partial charge on any atom is 0.402 e. The van der Waals surface area contributed by atoms with Gasteiger partial charge < -0.3 is 5.11 Å². The lowest BCUT2D eigenvalue weighted by molar-refractivity contribution is -0.292. The van der Waals surface area contributed by atoms with Crippen LogP contribution in [-0.4, -0.2) is 38.5 Å². The van der Waals surface area contributed by atoms with Crippen molar-refractivity contribution in [2.75, 3.05) is 6.61 Å². The fraction of sp³-hybridized carbons (Fsp3) is 0.455. The molecule has 1 aromatic carbocycles. The Kier molecular flexibility index (Phi) is 5.94. The highest BCUT2D eigenvalue weighted by Crippen LogP contribution is 2.41. The average Bonchev–Trinajstić information content (AvgIpc) is 2.34. The minimum absolute atomic E-state index is 0.396. The second-order valence-electron chi connectivity index (χ2n) is 4.40. The highest BCUT2D eigenvalue weighted by atomic mass is 35.5. The fourth-order valence-corrected chi connectivity index (χ4v) is 3.54. The van der Waals surface area contributed by atoms with Crippen LogP contribution >= 0.6 is 11.6 Å². The summed E-state index contributed by atoms with van der Waals surface area (Å²) in [6.45, 7) is -1.71. The predicted octanol–water partition coefficient (Wildman–Crippen LogP) is 2.72. The van der Waals surface area contributed by atoms with E-state index in [0.29, 0.717) is 0 Å². The van der Waals surface area contributed by atoms with Crippen molar-refractivity contribution >= 4 is 21.6 Å². The topological polar surface area (TPSA) is 66.4 Å². The number of halogens is 7. The molecule has 2 N–H and O–H groups in total. The van der Waals surface area contributed by atoms with E-state index in [4.69, 9.17) is 16.7 Å². The van der Waals surface area contributed by atoms with Crippen LogP contribution in [0.1, 0.15) is 0 Å². The molecule has 0 saturated carbocycles. The Labute approximate surface area is 132 Å². The molecule has 4 nitrogen and oxygen atoms in total. The average molecular weight is 386 g/mol. The zero-order chi connectivity index (χ0) is 18.1. The van der Waals surface area contributed by atoms with Crippen molar-refractivity contribution in [2.45, 2.75) is 23.3 Å². The van der Waals surface area contributed by atoms with E-state index in [9.17, 15) is 34.8 Å². The van der Waals surface area contributed by atoms with E-state index in [1.54, 1.807) is 0 Å². The van der Waals surface area contributed by atoms with Crippen LogP contribution in [0.4, 0.5) is 26.3 Å². The zero-order valence-electron chi connectivity index (χ0n) is 11.0. The molecule has 0 saturated heterocycles. The molecule has 132 valence electrons. The van der Waals surface area contributed by atoms with Crippen LogP contribution in [-0.2, 0) is 10.0 Å². The summed E-state index contributed by atoms with van der Waals surface area (Å²) in [5, 5.41) is 8.45. The van der Waals surface area contributed by atoms with E-state index in [1.165, 1.54) is 16.9 Å². The normalized spacial score (nSPS) is 15.0. The molecule has 0 radical (unpaired) electrons. The van der Waals surface area contributed by atoms with Gasteiger partial charge in [0.1, 0.15) is 4.90 Å². The molecule has 0 aliphatic heterocycles. The van der Waals surface area contributed by atoms with E-state index in [0.717, 1.165) is 12.1 Å². The Morgan fingerprint density at radius 1 is 1.09 bits per heavy atom. The van der Waals surface area contributed by atoms with Gasteiger partial charge in [-0.15, -0.1) is 0 Å². The second kappa shape index (κ2) is 6.83. The van der Waals surface area contributed by atoms with Gasteiger partial charge in [-0.3, -0.25) is 0 Å². The Morgan fingerprint density at radius 2 is 1.57 bits per heavy atom. The van der Waals surface area contributed by atoms with Crippen LogP contribution in [0, 0.1) is 5.92 Å². The smallest absolute Gasteiger partial charge is 0.395 e. The first-order valence-corrected chi connectivity index (χ1v) is 7.68. The summed E-state index contributed by atoms with van der Waals surface area (Å²) >= 11 is 5.57. The van der Waals surface area contributed by atoms with E-state index in [-0.39, 0.29) is 0 Å². The first-order chi connectivity index (χ1) is 10.3. The molecule has 0 aliphatic rings. The Morgan fingerprint density at radius 3 is 1.96 bits per heavy atom. The predicted molar refractivity (Wildman–Crippen MR) is 68.2 cm³/mol. The van der Waals surface area contributed by atoms with Gasteiger partial charge in [0.15, 0.2) is 5.92 Å². The molecule has 0 aliphatic carbocycles. The van der Waals surface area contributed by atoms with E-state index in [1.807, 2.05) is 0 Å². The van der Waals surface area contributed by atoms with Crippen LogP contribution in [0.2, 0.25) is 5.02 Å². The van der Waals surface area contributed by atoms with Crippen LogP contribution in [0.15, 0.2) is 29.2 Å². The van der Waals surface area contributed by atoms with Gasteiger partial charge in [0, 0.05) is 0 Å². The van der Waals surface area contributed by atoms with Crippen molar-refractivity contribution in [3.63, 3.8) is 0 Å². The molecule has 1 rings (SSSR count). The summed E-state index contributed by atoms with van der Waals surface area (Å²) in [5.74, 6) is -4.07. The third kappa shape index (κ3) is 4.96. The number of benzene rings is 1. The molecular weight excluding hydrogens is 376 g/mol. The fourth-order valence-electron chi connectivity index (χ4n) is 1.78. The molecule has 12 heteroatoms. The molecule has 1 aromatic rings. The first kappa shape index (κ1) is 20.0. The number of hydrogen-bond acceptors (Lipinski definition) is 3. The largest absolute Gasteiger partial charge is 0.402 e. The number of hydrogen-bond donors (Lipinski definition) is 2. The van der Waals surface area contributed by atoms with Gasteiger partial charge in [-0.2, -0.15) is 26.3 Å². The van der Waals surface area contributed by atoms with E-state index in [2.05, 4.69) is 0 Å². The minimum Gasteiger partial charge on any atom is -0.395 e. The van der Waals surface area contributed by atoms with Crippen LogP contribution in [0.3, 0.4) is 0 Å². The Hall–Kier alpha value is -1.04. The first-order valence-electron chi connectivity index (χ1n) is 5.82. The summed E-state index contributed by atoms with van der Waals surface area (Å²) in [5.41, 5.74) is 0. The highest BCUT2D eigenvalue weighted by molar-refractivity contribution is 7.89. The molecule has 0 amide bonds. The number of aliphatic hydroxyl groups excluding tert-OH is 1. The standard InChI is InChI=1S/C11H10ClF6NO3S/c12-6-3-1-2-4-8(6)23(21,22)19-7(5-20)9(10(13,14)15)11(16,17)18/h1-4,7,9,19-20H,5H2/t7-/m1/s1. The highest BCUT2D eigenvalue weighted by Gasteiger charge is 2.60. The van der Waals surface area contributed by atoms with Crippen LogP contribution in [0.5, 0.6) is 0 Å². The molecule has 0 heterocycles. The van der Waals surface area contributed by atoms with Gasteiger partial charge in [0.2, 0.25) is 10.0 Å². The summed E-state index contributed by atoms with van der Waals surface area (Å²) in [6, 6.07) is 1.64. The monoisotopic (exact) mass is 385 g/mol. The number of alkyl halides is 6. The van der Waals surface area contributed by atoms with Crippen molar-refractivity contribution in [1.82, 2.24) is 4.72 Å². The van der Waals surface area contributed by atoms with Crippen molar-refractivity contribution in [3.8, 4) is 0 Å². The molecule has 0 fully saturated rings. The number of aliphatic hydroxyl groups is 1. The van der Waals surface area contributed by atoms with Gasteiger partial charge >= 0.3 is 12.4 Å². The lowest BCUT2D eigenvalue weighted by atomic mass is 10.00. The van der Waals surface area contributed by atoms with Crippen LogP contribution < -0.4 is 4.72 Å². The number of rotatable bonds is 5. The molecule has 0 unspecified atom stereocenters. The minimum atomic E-state index is -5.81. The Balaban J connectivity index is 3.24. The lowest BCUT2D eigenvalue weighted by Gasteiger charge is -2.29. The second-order valence-corrected chi connectivity index (χ2v) is 6.49. The molecule has 0 aromatic heterocycles. The van der Waals surface area contributed by atoms with Crippen molar-refractivity contribution < 1.29 is 39.9 Å². The number of nitrogens with one attached hydrogen (secondary N) is 1. The van der Waals surface area contributed by atoms with Gasteiger partial charge in [-0.1, -0.05) is 23.7 Å². The zero-order valence-corrected chi connectivity index (χ0v) is 12.6. The van der Waals surface area contributed by atoms with Crippen molar-refractivity contribution in [2.24, 2.45) is 5.92 Å². The summed E-state index contributed by atoms with van der Waals surface area (Å²) < 4.78 is 101. The molecule has 23 heavy (non-hydrogen) atoms. The van der Waals surface area contributed by atoms with Crippen LogP contribution in [0.25, 0.3) is 0 Å². The lowest BCUT2D eigenvalue weighted by Crippen LogP contribution is -2.54. The van der Waals surface area contributed by atoms with Gasteiger partial charge in [0.05, 0.1) is 17.7 Å². The van der Waals surface area contributed by atoms with Crippen molar-refractivity contribution in [1.29, 1.82) is 0 Å². The molecule has 0 spiro atoms. The molecule has 1 atom stereocenters. The SMILES string of the molecule is O=S(=O)(N[C@H](CO)C(C(F)(F)F)C(F)(F)F)c1ccccc1Cl. The van der Waals surface area contributed by atoms with Gasteiger partial charge in [0.25, 0.3) is 0 Å². The molecule has 0 bridgehead atoms. The maximum atomic E-state index is 12.6. The summed E-state index contributed by atoms with van der Waals surface area (Å²) in [7, 11) is -4.81. The maximum absolute atomic E-state index is 12.6. The molecular formula is C11H10ClF6NO3S. The van der Waals surface area contributed by atoms with Crippen molar-refractivity contribution in [3.05, 3.63) is 29.3 Å². The quantitative estimate of drug-likeness (QED) is 0.766.